The number of aliphatic hydroxyl groups excluding tert-OH is 1. The Hall–Kier alpha value is -0.275. The van der Waals surface area contributed by atoms with Crippen molar-refractivity contribution >= 4 is 7.28 Å². The fourth-order valence-electron chi connectivity index (χ4n) is 5.92. The van der Waals surface area contributed by atoms with Gasteiger partial charge < -0.3 is 10.2 Å². The van der Waals surface area contributed by atoms with Crippen LogP contribution < -0.4 is 0 Å². The van der Waals surface area contributed by atoms with Crippen molar-refractivity contribution < 1.29 is 10.2 Å². The average molecular weight is 290 g/mol. The molecule has 3 fully saturated rings. The van der Waals surface area contributed by atoms with Crippen molar-refractivity contribution in [2.45, 2.75) is 71.3 Å². The summed E-state index contributed by atoms with van der Waals surface area (Å²) in [6.07, 6.45) is 8.55. The Morgan fingerprint density at radius 1 is 1.19 bits per heavy atom. The number of aliphatic hydroxyl groups is 2. The van der Waals surface area contributed by atoms with Crippen molar-refractivity contribution in [2.75, 3.05) is 0 Å². The molecule has 118 valence electrons. The maximum absolute atomic E-state index is 9.87. The molecule has 1 aliphatic heterocycles. The lowest BCUT2D eigenvalue weighted by Gasteiger charge is -2.52. The van der Waals surface area contributed by atoms with Gasteiger partial charge >= 0.3 is 0 Å². The van der Waals surface area contributed by atoms with Crippen molar-refractivity contribution in [1.82, 2.24) is 0 Å². The zero-order valence-electron chi connectivity index (χ0n) is 13.8. The van der Waals surface area contributed by atoms with E-state index in [-0.39, 0.29) is 11.3 Å². The molecule has 0 bridgehead atoms. The highest BCUT2D eigenvalue weighted by molar-refractivity contribution is 6.35. The third kappa shape index (κ3) is 2.41. The van der Waals surface area contributed by atoms with Crippen molar-refractivity contribution in [1.29, 1.82) is 0 Å². The highest BCUT2D eigenvalue weighted by Crippen LogP contribution is 2.61. The molecule has 1 heterocycles. The largest absolute Gasteiger partial charge is 0.368 e. The predicted octanol–water partition coefficient (Wildman–Crippen LogP) is 3.37. The van der Waals surface area contributed by atoms with Gasteiger partial charge in [-0.3, -0.25) is 0 Å². The SMILES string of the molecule is C=C1CCC2CC(C3(C)CCBCC3C(O)O)CCC12C. The molecule has 0 spiro atoms. The molecule has 21 heavy (non-hydrogen) atoms. The summed E-state index contributed by atoms with van der Waals surface area (Å²) in [6, 6.07) is 0. The Kier molecular flexibility index (Phi) is 4.03. The number of fused-ring (bicyclic) bond motifs is 1. The Labute approximate surface area is 130 Å². The summed E-state index contributed by atoms with van der Waals surface area (Å²) in [7, 11) is 1.16. The van der Waals surface area contributed by atoms with Crippen LogP contribution in [0, 0.1) is 28.6 Å². The fourth-order valence-corrected chi connectivity index (χ4v) is 5.92. The van der Waals surface area contributed by atoms with Crippen molar-refractivity contribution in [3.8, 4) is 0 Å². The van der Waals surface area contributed by atoms with Gasteiger partial charge in [0.25, 0.3) is 0 Å². The van der Waals surface area contributed by atoms with Crippen LogP contribution in [-0.2, 0) is 0 Å². The molecule has 2 saturated carbocycles. The van der Waals surface area contributed by atoms with E-state index in [9.17, 15) is 10.2 Å². The van der Waals surface area contributed by atoms with Gasteiger partial charge in [-0.25, -0.2) is 0 Å². The Balaban J connectivity index is 1.79. The third-order valence-electron chi connectivity index (χ3n) is 7.70. The maximum atomic E-state index is 9.87. The number of hydrogen-bond donors (Lipinski definition) is 2. The van der Waals surface area contributed by atoms with E-state index in [0.717, 1.165) is 19.5 Å². The number of hydrogen-bond acceptors (Lipinski definition) is 2. The van der Waals surface area contributed by atoms with Gasteiger partial charge in [0, 0.05) is 5.92 Å². The molecule has 0 amide bonds. The second kappa shape index (κ2) is 5.42. The minimum atomic E-state index is -1.14. The molecule has 0 aromatic carbocycles. The quantitative estimate of drug-likeness (QED) is 0.465. The van der Waals surface area contributed by atoms with Crippen molar-refractivity contribution in [3.63, 3.8) is 0 Å². The summed E-state index contributed by atoms with van der Waals surface area (Å²) in [5.74, 6) is 1.51. The molecule has 0 aromatic heterocycles. The Morgan fingerprint density at radius 2 is 1.95 bits per heavy atom. The van der Waals surface area contributed by atoms with E-state index in [1.807, 2.05) is 0 Å². The topological polar surface area (TPSA) is 40.5 Å². The van der Waals surface area contributed by atoms with Gasteiger partial charge in [-0.1, -0.05) is 45.1 Å². The van der Waals surface area contributed by atoms with Crippen LogP contribution in [-0.4, -0.2) is 23.8 Å². The fraction of sp³-hybridized carbons (Fsp3) is 0.889. The van der Waals surface area contributed by atoms with Crippen LogP contribution >= 0.6 is 0 Å². The summed E-state index contributed by atoms with van der Waals surface area (Å²) in [4.78, 5) is 0. The van der Waals surface area contributed by atoms with E-state index in [1.54, 1.807) is 0 Å². The first kappa shape index (κ1) is 15.6. The summed E-state index contributed by atoms with van der Waals surface area (Å²) in [5, 5.41) is 19.7. The monoisotopic (exact) mass is 290 g/mol. The zero-order chi connectivity index (χ0) is 15.3. The first-order valence-electron chi connectivity index (χ1n) is 8.92. The van der Waals surface area contributed by atoms with E-state index >= 15 is 0 Å². The van der Waals surface area contributed by atoms with Crippen LogP contribution in [0.25, 0.3) is 0 Å². The van der Waals surface area contributed by atoms with Crippen LogP contribution in [0.2, 0.25) is 12.6 Å². The lowest BCUT2D eigenvalue weighted by Crippen LogP contribution is -2.47. The normalized spacial score (nSPS) is 47.3. The first-order chi connectivity index (χ1) is 9.88. The van der Waals surface area contributed by atoms with Crippen molar-refractivity contribution in [3.05, 3.63) is 12.2 Å². The Bertz CT molecular complexity index is 421. The minimum absolute atomic E-state index is 0.0743. The van der Waals surface area contributed by atoms with Gasteiger partial charge in [0.2, 0.25) is 0 Å². The summed E-state index contributed by atoms with van der Waals surface area (Å²) >= 11 is 0. The molecule has 0 radical (unpaired) electrons. The molecular weight excluding hydrogens is 259 g/mol. The molecule has 0 aromatic rings. The molecule has 2 aliphatic carbocycles. The van der Waals surface area contributed by atoms with E-state index in [0.29, 0.717) is 11.3 Å². The lowest BCUT2D eigenvalue weighted by atomic mass is 9.46. The smallest absolute Gasteiger partial charge is 0.154 e. The molecule has 5 unspecified atom stereocenters. The highest BCUT2D eigenvalue weighted by Gasteiger charge is 2.52. The second-order valence-electron chi connectivity index (χ2n) is 8.50. The molecule has 5 atom stereocenters. The molecule has 3 heteroatoms. The van der Waals surface area contributed by atoms with Gasteiger partial charge in [0.05, 0.1) is 0 Å². The molecule has 3 aliphatic rings. The molecule has 2 N–H and O–H groups in total. The lowest BCUT2D eigenvalue weighted by molar-refractivity contribution is -0.138. The van der Waals surface area contributed by atoms with Crippen LogP contribution in [0.1, 0.15) is 52.4 Å². The Morgan fingerprint density at radius 3 is 2.67 bits per heavy atom. The third-order valence-corrected chi connectivity index (χ3v) is 7.70. The first-order valence-corrected chi connectivity index (χ1v) is 8.92. The minimum Gasteiger partial charge on any atom is -0.368 e. The maximum Gasteiger partial charge on any atom is 0.154 e. The highest BCUT2D eigenvalue weighted by atomic mass is 16.5. The van der Waals surface area contributed by atoms with E-state index in [2.05, 4.69) is 20.4 Å². The number of allylic oxidation sites excluding steroid dienone is 1. The summed E-state index contributed by atoms with van der Waals surface area (Å²) in [5.41, 5.74) is 1.96. The van der Waals surface area contributed by atoms with Crippen molar-refractivity contribution in [2.24, 2.45) is 28.6 Å². The standard InChI is InChI=1S/C18H31BO2/c1-12-4-5-13-10-14(6-7-17(12,13)2)18(3)8-9-19-11-15(18)16(20)21/h13-16,19-21H,1,4-11H2,2-3H3. The number of rotatable bonds is 2. The average Bonchev–Trinajstić information content (AvgIpc) is 2.74. The van der Waals surface area contributed by atoms with E-state index in [1.165, 1.54) is 50.4 Å². The summed E-state index contributed by atoms with van der Waals surface area (Å²) in [6.45, 7) is 9.09. The predicted molar refractivity (Wildman–Crippen MR) is 88.5 cm³/mol. The van der Waals surface area contributed by atoms with E-state index < -0.39 is 6.29 Å². The summed E-state index contributed by atoms with van der Waals surface area (Å²) < 4.78 is 0. The van der Waals surface area contributed by atoms with Crippen LogP contribution in [0.4, 0.5) is 0 Å². The van der Waals surface area contributed by atoms with Crippen LogP contribution in [0.5, 0.6) is 0 Å². The van der Waals surface area contributed by atoms with Gasteiger partial charge in [-0.2, -0.15) is 0 Å². The second-order valence-corrected chi connectivity index (χ2v) is 8.50. The molecule has 3 rings (SSSR count). The van der Waals surface area contributed by atoms with Crippen LogP contribution in [0.3, 0.4) is 0 Å². The van der Waals surface area contributed by atoms with Gasteiger partial charge in [0.1, 0.15) is 7.28 Å². The van der Waals surface area contributed by atoms with Gasteiger partial charge in [0.15, 0.2) is 6.29 Å². The molecule has 2 nitrogen and oxygen atoms in total. The van der Waals surface area contributed by atoms with E-state index in [4.69, 9.17) is 0 Å². The van der Waals surface area contributed by atoms with Gasteiger partial charge in [-0.15, -0.1) is 0 Å². The van der Waals surface area contributed by atoms with Crippen LogP contribution in [0.15, 0.2) is 12.2 Å². The zero-order valence-corrected chi connectivity index (χ0v) is 13.8. The molecular formula is C18H31BO2. The van der Waals surface area contributed by atoms with Gasteiger partial charge in [-0.05, 0) is 54.8 Å². The molecule has 1 saturated heterocycles.